The first-order valence-corrected chi connectivity index (χ1v) is 5.96. The van der Waals surface area contributed by atoms with Gasteiger partial charge in [-0.15, -0.1) is 0 Å². The van der Waals surface area contributed by atoms with Crippen molar-refractivity contribution in [1.82, 2.24) is 0 Å². The summed E-state index contributed by atoms with van der Waals surface area (Å²) in [7, 11) is 0. The maximum atomic E-state index is 13.6. The van der Waals surface area contributed by atoms with E-state index in [0.29, 0.717) is 5.56 Å². The van der Waals surface area contributed by atoms with E-state index in [1.807, 2.05) is 6.07 Å². The summed E-state index contributed by atoms with van der Waals surface area (Å²) < 4.78 is 27.1. The van der Waals surface area contributed by atoms with Crippen molar-refractivity contribution in [2.24, 2.45) is 0 Å². The van der Waals surface area contributed by atoms with Crippen molar-refractivity contribution in [3.8, 4) is 6.07 Å². The molecule has 2 N–H and O–H groups in total. The highest BCUT2D eigenvalue weighted by Crippen LogP contribution is 2.17. The molecule has 2 aromatic rings. The van der Waals surface area contributed by atoms with Crippen LogP contribution in [0.3, 0.4) is 0 Å². The molecule has 4 nitrogen and oxygen atoms in total. The lowest BCUT2D eigenvalue weighted by Gasteiger charge is -2.08. The highest BCUT2D eigenvalue weighted by molar-refractivity contribution is 5.87. The van der Waals surface area contributed by atoms with E-state index in [2.05, 4.69) is 5.32 Å². The number of aromatic carboxylic acids is 1. The summed E-state index contributed by atoms with van der Waals surface area (Å²) >= 11 is 0. The predicted octanol–water partition coefficient (Wildman–Crippen LogP) is 3.15. The molecule has 106 valence electrons. The number of rotatable bonds is 4. The fourth-order valence-electron chi connectivity index (χ4n) is 1.77. The lowest BCUT2D eigenvalue weighted by molar-refractivity contribution is 0.0692. The number of hydrogen-bond donors (Lipinski definition) is 2. The lowest BCUT2D eigenvalue weighted by Crippen LogP contribution is -2.05. The van der Waals surface area contributed by atoms with Crippen LogP contribution in [0.1, 0.15) is 21.5 Å². The maximum absolute atomic E-state index is 13.6. The number of anilines is 1. The molecule has 0 fully saturated rings. The third-order valence-corrected chi connectivity index (χ3v) is 2.85. The number of benzene rings is 2. The summed E-state index contributed by atoms with van der Waals surface area (Å²) in [5.74, 6) is -2.77. The molecule has 21 heavy (non-hydrogen) atoms. The number of nitriles is 1. The highest BCUT2D eigenvalue weighted by atomic mass is 19.1. The Hall–Kier alpha value is -2.94. The average molecular weight is 288 g/mol. The van der Waals surface area contributed by atoms with Gasteiger partial charge in [-0.25, -0.2) is 13.6 Å². The van der Waals surface area contributed by atoms with Gasteiger partial charge < -0.3 is 10.4 Å². The number of carbonyl (C=O) groups is 1. The summed E-state index contributed by atoms with van der Waals surface area (Å²) in [5.41, 5.74) is 0.441. The first-order chi connectivity index (χ1) is 10.0. The molecule has 0 aliphatic rings. The molecule has 0 saturated heterocycles. The molecular formula is C15H10F2N2O2. The summed E-state index contributed by atoms with van der Waals surface area (Å²) in [6.07, 6.45) is 0. The van der Waals surface area contributed by atoms with Gasteiger partial charge in [0.15, 0.2) is 0 Å². The minimum Gasteiger partial charge on any atom is -0.478 e. The van der Waals surface area contributed by atoms with Crippen molar-refractivity contribution < 1.29 is 18.7 Å². The van der Waals surface area contributed by atoms with Gasteiger partial charge in [0.2, 0.25) is 0 Å². The Balaban J connectivity index is 2.12. The van der Waals surface area contributed by atoms with E-state index in [1.54, 1.807) is 0 Å². The predicted molar refractivity (Wildman–Crippen MR) is 71.8 cm³/mol. The van der Waals surface area contributed by atoms with Gasteiger partial charge in [-0.3, -0.25) is 0 Å². The Morgan fingerprint density at radius 3 is 2.52 bits per heavy atom. The zero-order valence-electron chi connectivity index (χ0n) is 10.7. The first kappa shape index (κ1) is 14.5. The smallest absolute Gasteiger partial charge is 0.338 e. The van der Waals surface area contributed by atoms with Crippen LogP contribution in [-0.2, 0) is 6.54 Å². The molecule has 0 aliphatic heterocycles. The lowest BCUT2D eigenvalue weighted by atomic mass is 10.1. The van der Waals surface area contributed by atoms with E-state index in [-0.39, 0.29) is 17.8 Å². The zero-order chi connectivity index (χ0) is 15.4. The molecule has 2 aromatic carbocycles. The summed E-state index contributed by atoms with van der Waals surface area (Å²) in [6, 6.07) is 9.47. The van der Waals surface area contributed by atoms with Gasteiger partial charge in [0.25, 0.3) is 0 Å². The molecule has 0 unspecified atom stereocenters. The van der Waals surface area contributed by atoms with Gasteiger partial charge in [0.05, 0.1) is 22.9 Å². The van der Waals surface area contributed by atoms with Gasteiger partial charge in [0, 0.05) is 6.54 Å². The van der Waals surface area contributed by atoms with Crippen LogP contribution >= 0.6 is 0 Å². The molecule has 6 heteroatoms. The number of hydrogen-bond acceptors (Lipinski definition) is 3. The van der Waals surface area contributed by atoms with E-state index >= 15 is 0 Å². The normalized spacial score (nSPS) is 9.95. The molecular weight excluding hydrogens is 278 g/mol. The van der Waals surface area contributed by atoms with Crippen molar-refractivity contribution in [3.63, 3.8) is 0 Å². The molecule has 0 heterocycles. The second-order valence-corrected chi connectivity index (χ2v) is 4.28. The monoisotopic (exact) mass is 288 g/mol. The third-order valence-electron chi connectivity index (χ3n) is 2.85. The maximum Gasteiger partial charge on any atom is 0.338 e. The Labute approximate surface area is 119 Å². The summed E-state index contributed by atoms with van der Waals surface area (Å²) in [4.78, 5) is 10.7. The Morgan fingerprint density at radius 1 is 1.19 bits per heavy atom. The van der Waals surface area contributed by atoms with E-state index in [4.69, 9.17) is 10.4 Å². The minimum atomic E-state index is -1.34. The van der Waals surface area contributed by atoms with E-state index in [1.165, 1.54) is 18.2 Å². The van der Waals surface area contributed by atoms with Crippen LogP contribution in [0, 0.1) is 23.0 Å². The molecule has 0 saturated carbocycles. The van der Waals surface area contributed by atoms with Crippen LogP contribution in [0.15, 0.2) is 36.4 Å². The van der Waals surface area contributed by atoms with Crippen LogP contribution in [0.5, 0.6) is 0 Å². The van der Waals surface area contributed by atoms with Gasteiger partial charge >= 0.3 is 5.97 Å². The second-order valence-electron chi connectivity index (χ2n) is 4.28. The average Bonchev–Trinajstić information content (AvgIpc) is 2.45. The van der Waals surface area contributed by atoms with E-state index in [0.717, 1.165) is 18.2 Å². The number of halogens is 2. The molecule has 0 amide bonds. The molecule has 0 radical (unpaired) electrons. The quantitative estimate of drug-likeness (QED) is 0.906. The molecule has 0 atom stereocenters. The van der Waals surface area contributed by atoms with Gasteiger partial charge in [-0.2, -0.15) is 5.26 Å². The zero-order valence-corrected chi connectivity index (χ0v) is 10.7. The fraction of sp³-hybridized carbons (Fsp3) is 0.0667. The van der Waals surface area contributed by atoms with Gasteiger partial charge in [0.1, 0.15) is 11.6 Å². The van der Waals surface area contributed by atoms with Crippen molar-refractivity contribution in [3.05, 3.63) is 64.7 Å². The van der Waals surface area contributed by atoms with Crippen LogP contribution in [0.4, 0.5) is 14.5 Å². The number of nitrogens with zero attached hydrogens (tertiary/aromatic N) is 1. The third kappa shape index (κ3) is 3.34. The van der Waals surface area contributed by atoms with E-state index < -0.39 is 23.2 Å². The summed E-state index contributed by atoms with van der Waals surface area (Å²) in [6.45, 7) is 0.125. The Kier molecular flexibility index (Phi) is 4.14. The van der Waals surface area contributed by atoms with Crippen LogP contribution in [0.2, 0.25) is 0 Å². The van der Waals surface area contributed by atoms with Crippen molar-refractivity contribution >= 4 is 11.7 Å². The first-order valence-electron chi connectivity index (χ1n) is 5.96. The van der Waals surface area contributed by atoms with Gasteiger partial charge in [-0.1, -0.05) is 6.07 Å². The van der Waals surface area contributed by atoms with Crippen molar-refractivity contribution in [1.29, 1.82) is 5.26 Å². The molecule has 0 aliphatic carbocycles. The van der Waals surface area contributed by atoms with E-state index in [9.17, 15) is 13.6 Å². The summed E-state index contributed by atoms with van der Waals surface area (Å²) in [5, 5.41) is 20.1. The van der Waals surface area contributed by atoms with Crippen LogP contribution in [-0.4, -0.2) is 11.1 Å². The minimum absolute atomic E-state index is 0.125. The molecule has 0 aromatic heterocycles. The second kappa shape index (κ2) is 6.01. The number of carboxylic acids is 1. The van der Waals surface area contributed by atoms with Crippen LogP contribution in [0.25, 0.3) is 0 Å². The standard InChI is InChI=1S/C15H10F2N2O2/c16-12-6-10(1-3-11(12)15(20)21)8-19-14-4-2-9(7-18)5-13(14)17/h1-6,19H,8H2,(H,20,21). The van der Waals surface area contributed by atoms with Gasteiger partial charge in [-0.05, 0) is 35.9 Å². The van der Waals surface area contributed by atoms with Crippen molar-refractivity contribution in [2.75, 3.05) is 5.32 Å². The highest BCUT2D eigenvalue weighted by Gasteiger charge is 2.10. The number of carboxylic acid groups (broad SMARTS) is 1. The topological polar surface area (TPSA) is 73.1 Å². The van der Waals surface area contributed by atoms with Crippen molar-refractivity contribution in [2.45, 2.75) is 6.54 Å². The largest absolute Gasteiger partial charge is 0.478 e. The van der Waals surface area contributed by atoms with Crippen LogP contribution < -0.4 is 5.32 Å². The number of nitrogens with one attached hydrogen (secondary N) is 1. The fourth-order valence-corrected chi connectivity index (χ4v) is 1.77. The molecule has 0 bridgehead atoms. The molecule has 2 rings (SSSR count). The Bertz CT molecular complexity index is 739. The molecule has 0 spiro atoms. The Morgan fingerprint density at radius 2 is 1.95 bits per heavy atom. The SMILES string of the molecule is N#Cc1ccc(NCc2ccc(C(=O)O)c(F)c2)c(F)c1.